The van der Waals surface area contributed by atoms with Crippen molar-refractivity contribution in [2.24, 2.45) is 0 Å². The highest BCUT2D eigenvalue weighted by atomic mass is 16.5. The molecular weight excluding hydrogens is 162 g/mol. The Labute approximate surface area is 79.0 Å². The van der Waals surface area contributed by atoms with E-state index in [1.807, 2.05) is 32.0 Å². The van der Waals surface area contributed by atoms with E-state index in [0.717, 1.165) is 5.69 Å². The molecule has 0 fully saturated rings. The topological polar surface area (TPSA) is 22.1 Å². The summed E-state index contributed by atoms with van der Waals surface area (Å²) in [5.74, 6) is 2.61. The summed E-state index contributed by atoms with van der Waals surface area (Å²) in [6, 6.07) is 5.62. The van der Waals surface area contributed by atoms with Gasteiger partial charge in [-0.15, -0.1) is 6.42 Å². The molecule has 0 N–H and O–H groups in total. The highest BCUT2D eigenvalue weighted by Gasteiger charge is 2.24. The zero-order valence-electron chi connectivity index (χ0n) is 7.95. The van der Waals surface area contributed by atoms with Crippen LogP contribution in [0.2, 0.25) is 0 Å². The van der Waals surface area contributed by atoms with Crippen LogP contribution in [0.5, 0.6) is 0 Å². The zero-order valence-corrected chi connectivity index (χ0v) is 7.95. The van der Waals surface area contributed by atoms with Gasteiger partial charge in [-0.25, -0.2) is 0 Å². The van der Waals surface area contributed by atoms with Gasteiger partial charge in [0.1, 0.15) is 0 Å². The van der Waals surface area contributed by atoms with Crippen molar-refractivity contribution in [2.45, 2.75) is 19.4 Å². The second kappa shape index (κ2) is 4.06. The van der Waals surface area contributed by atoms with Crippen molar-refractivity contribution in [1.82, 2.24) is 4.98 Å². The fraction of sp³-hybridized carbons (Fsp3) is 0.364. The van der Waals surface area contributed by atoms with Crippen molar-refractivity contribution in [2.75, 3.05) is 6.61 Å². The van der Waals surface area contributed by atoms with E-state index in [1.54, 1.807) is 6.20 Å². The third-order valence-electron chi connectivity index (χ3n) is 1.86. The second-order valence-corrected chi connectivity index (χ2v) is 2.83. The minimum absolute atomic E-state index is 0.581. The molecular formula is C11H13NO. The van der Waals surface area contributed by atoms with Crippen LogP contribution in [0, 0.1) is 12.3 Å². The molecule has 0 aromatic carbocycles. The Balaban J connectivity index is 2.98. The third-order valence-corrected chi connectivity index (χ3v) is 1.86. The number of aromatic nitrogens is 1. The predicted octanol–water partition coefficient (Wildman–Crippen LogP) is 1.97. The van der Waals surface area contributed by atoms with Crippen molar-refractivity contribution in [3.8, 4) is 12.3 Å². The van der Waals surface area contributed by atoms with Gasteiger partial charge in [0, 0.05) is 12.8 Å². The Morgan fingerprint density at radius 2 is 2.38 bits per heavy atom. The molecule has 2 nitrogen and oxygen atoms in total. The Hall–Kier alpha value is -1.33. The summed E-state index contributed by atoms with van der Waals surface area (Å²) in [6.07, 6.45) is 7.12. The minimum atomic E-state index is -0.698. The van der Waals surface area contributed by atoms with Gasteiger partial charge in [-0.05, 0) is 26.0 Å². The molecule has 1 heterocycles. The monoisotopic (exact) mass is 175 g/mol. The molecule has 1 rings (SSSR count). The zero-order chi connectivity index (χ0) is 9.73. The van der Waals surface area contributed by atoms with Gasteiger partial charge in [0.2, 0.25) is 0 Å². The molecule has 0 saturated heterocycles. The molecule has 13 heavy (non-hydrogen) atoms. The largest absolute Gasteiger partial charge is 0.357 e. The maximum Gasteiger partial charge on any atom is 0.167 e. The van der Waals surface area contributed by atoms with E-state index in [9.17, 15) is 0 Å². The van der Waals surface area contributed by atoms with Gasteiger partial charge < -0.3 is 4.74 Å². The first-order valence-corrected chi connectivity index (χ1v) is 4.26. The molecule has 1 aromatic heterocycles. The van der Waals surface area contributed by atoms with Crippen LogP contribution in [0.3, 0.4) is 0 Å². The highest BCUT2D eigenvalue weighted by Crippen LogP contribution is 2.21. The Bertz CT molecular complexity index is 302. The fourth-order valence-electron chi connectivity index (χ4n) is 1.12. The van der Waals surface area contributed by atoms with Crippen molar-refractivity contribution < 1.29 is 4.74 Å². The molecule has 68 valence electrons. The summed E-state index contributed by atoms with van der Waals surface area (Å²) in [4.78, 5) is 4.17. The smallest absolute Gasteiger partial charge is 0.167 e. The van der Waals surface area contributed by atoms with Gasteiger partial charge in [0.05, 0.1) is 5.69 Å². The molecule has 1 aromatic rings. The van der Waals surface area contributed by atoms with Gasteiger partial charge in [-0.1, -0.05) is 12.0 Å². The van der Waals surface area contributed by atoms with Crippen molar-refractivity contribution in [3.63, 3.8) is 0 Å². The van der Waals surface area contributed by atoms with Crippen molar-refractivity contribution in [1.29, 1.82) is 0 Å². The second-order valence-electron chi connectivity index (χ2n) is 2.83. The van der Waals surface area contributed by atoms with Gasteiger partial charge in [-0.3, -0.25) is 4.98 Å². The Morgan fingerprint density at radius 3 is 2.85 bits per heavy atom. The minimum Gasteiger partial charge on any atom is -0.357 e. The maximum absolute atomic E-state index is 5.47. The first-order valence-electron chi connectivity index (χ1n) is 4.26. The summed E-state index contributed by atoms with van der Waals surface area (Å²) in [7, 11) is 0. The number of hydrogen-bond donors (Lipinski definition) is 0. The van der Waals surface area contributed by atoms with E-state index in [0.29, 0.717) is 6.61 Å². The van der Waals surface area contributed by atoms with Crippen LogP contribution in [0.25, 0.3) is 0 Å². The van der Waals surface area contributed by atoms with Crippen LogP contribution < -0.4 is 0 Å². The van der Waals surface area contributed by atoms with Crippen LogP contribution >= 0.6 is 0 Å². The normalized spacial score (nSPS) is 14.5. The van der Waals surface area contributed by atoms with Crippen molar-refractivity contribution >= 4 is 0 Å². The first-order chi connectivity index (χ1) is 6.23. The number of nitrogens with zero attached hydrogens (tertiary/aromatic N) is 1. The molecule has 0 aliphatic heterocycles. The number of ether oxygens (including phenoxy) is 1. The van der Waals surface area contributed by atoms with Gasteiger partial charge in [0.15, 0.2) is 5.60 Å². The molecule has 0 aliphatic rings. The fourth-order valence-corrected chi connectivity index (χ4v) is 1.12. The van der Waals surface area contributed by atoms with Crippen LogP contribution in [-0.4, -0.2) is 11.6 Å². The molecule has 1 unspecified atom stereocenters. The van der Waals surface area contributed by atoms with E-state index in [2.05, 4.69) is 10.9 Å². The lowest BCUT2D eigenvalue weighted by molar-refractivity contribution is 0.0153. The maximum atomic E-state index is 5.47. The van der Waals surface area contributed by atoms with Crippen LogP contribution in [0.4, 0.5) is 0 Å². The number of rotatable bonds is 3. The molecule has 0 spiro atoms. The molecule has 2 heteroatoms. The summed E-state index contributed by atoms with van der Waals surface area (Å²) in [5, 5.41) is 0. The van der Waals surface area contributed by atoms with Crippen LogP contribution in [0.1, 0.15) is 19.5 Å². The quantitative estimate of drug-likeness (QED) is 0.655. The van der Waals surface area contributed by atoms with E-state index in [1.165, 1.54) is 0 Å². The molecule has 0 aliphatic carbocycles. The lowest BCUT2D eigenvalue weighted by atomic mass is 10.0. The van der Waals surface area contributed by atoms with Gasteiger partial charge in [0.25, 0.3) is 0 Å². The molecule has 0 saturated carbocycles. The summed E-state index contributed by atoms with van der Waals surface area (Å²) >= 11 is 0. The summed E-state index contributed by atoms with van der Waals surface area (Å²) in [5.41, 5.74) is 0.0788. The van der Waals surface area contributed by atoms with E-state index in [4.69, 9.17) is 11.2 Å². The highest BCUT2D eigenvalue weighted by molar-refractivity contribution is 5.22. The molecule has 0 bridgehead atoms. The average molecular weight is 175 g/mol. The Morgan fingerprint density at radius 1 is 1.62 bits per heavy atom. The summed E-state index contributed by atoms with van der Waals surface area (Å²) < 4.78 is 5.47. The molecule has 0 radical (unpaired) electrons. The lowest BCUT2D eigenvalue weighted by Crippen LogP contribution is -2.24. The van der Waals surface area contributed by atoms with Gasteiger partial charge >= 0.3 is 0 Å². The van der Waals surface area contributed by atoms with Crippen molar-refractivity contribution in [3.05, 3.63) is 30.1 Å². The lowest BCUT2D eigenvalue weighted by Gasteiger charge is -2.22. The van der Waals surface area contributed by atoms with Crippen LogP contribution in [0.15, 0.2) is 24.4 Å². The van der Waals surface area contributed by atoms with Crippen LogP contribution in [-0.2, 0) is 10.3 Å². The van der Waals surface area contributed by atoms with Gasteiger partial charge in [-0.2, -0.15) is 0 Å². The third kappa shape index (κ3) is 2.07. The Kier molecular flexibility index (Phi) is 3.05. The molecule has 0 amide bonds. The molecule has 1 atom stereocenters. The van der Waals surface area contributed by atoms with E-state index in [-0.39, 0.29) is 0 Å². The standard InChI is InChI=1S/C11H13NO/c1-4-11(3,13-5-2)10-8-6-7-9-12-10/h1,6-9H,5H2,2-3H3. The predicted molar refractivity (Wildman–Crippen MR) is 52.0 cm³/mol. The number of pyridine rings is 1. The first kappa shape index (κ1) is 9.76. The SMILES string of the molecule is C#CC(C)(OCC)c1ccccn1. The summed E-state index contributed by atoms with van der Waals surface area (Å²) in [6.45, 7) is 4.34. The average Bonchev–Trinajstić information content (AvgIpc) is 2.19. The number of hydrogen-bond acceptors (Lipinski definition) is 2. The van der Waals surface area contributed by atoms with E-state index >= 15 is 0 Å². The van der Waals surface area contributed by atoms with E-state index < -0.39 is 5.60 Å². The number of terminal acetylenes is 1.